The average molecular weight is 627 g/mol. The molecule has 230 valence electrons. The zero-order valence-electron chi connectivity index (χ0n) is 26.6. The van der Waals surface area contributed by atoms with Crippen LogP contribution in [-0.4, -0.2) is 6.10 Å². The maximum absolute atomic E-state index is 6.91. The van der Waals surface area contributed by atoms with Crippen LogP contribution in [0, 0.1) is 0 Å². The van der Waals surface area contributed by atoms with Crippen LogP contribution >= 0.6 is 0 Å². The van der Waals surface area contributed by atoms with E-state index in [1.807, 2.05) is 0 Å². The van der Waals surface area contributed by atoms with Crippen LogP contribution < -0.4 is 9.47 Å². The monoisotopic (exact) mass is 626 g/mol. The summed E-state index contributed by atoms with van der Waals surface area (Å²) in [5, 5.41) is 2.36. The fourth-order valence-corrected chi connectivity index (χ4v) is 9.01. The van der Waals surface area contributed by atoms with Gasteiger partial charge in [0.15, 0.2) is 0 Å². The average Bonchev–Trinajstić information content (AvgIpc) is 3.69. The molecule has 11 rings (SSSR count). The van der Waals surface area contributed by atoms with Crippen molar-refractivity contribution in [3.63, 3.8) is 0 Å². The fourth-order valence-electron chi connectivity index (χ4n) is 9.01. The lowest BCUT2D eigenvalue weighted by molar-refractivity contribution is 0.265. The molecule has 0 spiro atoms. The minimum absolute atomic E-state index is 0.00345. The predicted octanol–water partition coefficient (Wildman–Crippen LogP) is 11.6. The van der Waals surface area contributed by atoms with Gasteiger partial charge in [0.2, 0.25) is 0 Å². The molecule has 2 heteroatoms. The highest BCUT2D eigenvalue weighted by atomic mass is 16.5. The molecule has 2 nitrogen and oxygen atoms in total. The van der Waals surface area contributed by atoms with Crippen LogP contribution in [0.5, 0.6) is 17.2 Å². The molecule has 3 atom stereocenters. The number of benzene rings is 7. The molecule has 0 radical (unpaired) electrons. The minimum atomic E-state index is -0.572. The van der Waals surface area contributed by atoms with Gasteiger partial charge in [0.1, 0.15) is 23.4 Å². The third-order valence-electron chi connectivity index (χ3n) is 11.1. The summed E-state index contributed by atoms with van der Waals surface area (Å²) in [5.74, 6) is 3.02. The van der Waals surface area contributed by atoms with Gasteiger partial charge in [-0.25, -0.2) is 0 Å². The normalized spacial score (nSPS) is 20.1. The first kappa shape index (κ1) is 26.9. The van der Waals surface area contributed by atoms with Crippen molar-refractivity contribution < 1.29 is 9.47 Å². The van der Waals surface area contributed by atoms with E-state index in [0.29, 0.717) is 0 Å². The Morgan fingerprint density at radius 1 is 0.490 bits per heavy atom. The molecule has 0 aromatic heterocycles. The van der Waals surface area contributed by atoms with Crippen LogP contribution in [0.3, 0.4) is 0 Å². The van der Waals surface area contributed by atoms with Gasteiger partial charge in [-0.15, -0.1) is 0 Å². The Kier molecular flexibility index (Phi) is 5.46. The first-order chi connectivity index (χ1) is 24.3. The highest BCUT2D eigenvalue weighted by Crippen LogP contribution is 2.60. The summed E-state index contributed by atoms with van der Waals surface area (Å²) >= 11 is 0. The highest BCUT2D eigenvalue weighted by molar-refractivity contribution is 6.04. The summed E-state index contributed by atoms with van der Waals surface area (Å²) in [4.78, 5) is 0. The van der Waals surface area contributed by atoms with Crippen molar-refractivity contribution in [2.24, 2.45) is 0 Å². The van der Waals surface area contributed by atoms with E-state index in [4.69, 9.17) is 9.47 Å². The summed E-state index contributed by atoms with van der Waals surface area (Å²) in [7, 11) is 0. The van der Waals surface area contributed by atoms with E-state index in [9.17, 15) is 0 Å². The molecule has 0 N–H and O–H groups in total. The first-order valence-corrected chi connectivity index (χ1v) is 17.1. The Morgan fingerprint density at radius 2 is 1.22 bits per heavy atom. The van der Waals surface area contributed by atoms with E-state index >= 15 is 0 Å². The first-order valence-electron chi connectivity index (χ1n) is 17.1. The predicted molar refractivity (Wildman–Crippen MR) is 198 cm³/mol. The number of ether oxygens (including phenoxy) is 2. The number of para-hydroxylation sites is 1. The van der Waals surface area contributed by atoms with Crippen molar-refractivity contribution in [3.05, 3.63) is 198 Å². The van der Waals surface area contributed by atoms with Gasteiger partial charge in [0.05, 0.1) is 5.41 Å². The molecule has 0 amide bonds. The molecule has 0 saturated carbocycles. The lowest BCUT2D eigenvalue weighted by Crippen LogP contribution is -2.29. The van der Waals surface area contributed by atoms with Gasteiger partial charge in [0, 0.05) is 28.0 Å². The topological polar surface area (TPSA) is 18.5 Å². The van der Waals surface area contributed by atoms with Crippen molar-refractivity contribution in [1.82, 2.24) is 0 Å². The van der Waals surface area contributed by atoms with E-state index in [-0.39, 0.29) is 12.0 Å². The highest BCUT2D eigenvalue weighted by Gasteiger charge is 2.49. The Bertz CT molecular complexity index is 2570. The summed E-state index contributed by atoms with van der Waals surface area (Å²) in [5.41, 5.74) is 12.9. The largest absolute Gasteiger partial charge is 0.485 e. The van der Waals surface area contributed by atoms with Crippen LogP contribution in [0.4, 0.5) is 0 Å². The molecule has 0 fully saturated rings. The molecule has 2 aliphatic carbocycles. The van der Waals surface area contributed by atoms with E-state index < -0.39 is 5.41 Å². The molecule has 2 heterocycles. The van der Waals surface area contributed by atoms with Crippen LogP contribution in [0.2, 0.25) is 0 Å². The molecule has 0 saturated heterocycles. The van der Waals surface area contributed by atoms with Crippen molar-refractivity contribution in [2.45, 2.75) is 17.4 Å². The molecule has 2 aliphatic heterocycles. The fraction of sp³-hybridized carbons (Fsp3) is 0.0638. The molecule has 7 aromatic carbocycles. The zero-order chi connectivity index (χ0) is 32.1. The van der Waals surface area contributed by atoms with Crippen molar-refractivity contribution in [3.8, 4) is 50.6 Å². The minimum Gasteiger partial charge on any atom is -0.485 e. The molecule has 4 aliphatic rings. The molecule has 3 unspecified atom stereocenters. The number of rotatable bonds is 3. The molecular formula is C47H30O2. The molecule has 0 bridgehead atoms. The lowest BCUT2D eigenvalue weighted by atomic mass is 9.66. The zero-order valence-corrected chi connectivity index (χ0v) is 26.6. The maximum Gasteiger partial charge on any atom is 0.135 e. The number of hydrogen-bond acceptors (Lipinski definition) is 2. The second kappa shape index (κ2) is 9.95. The van der Waals surface area contributed by atoms with Gasteiger partial charge < -0.3 is 9.47 Å². The van der Waals surface area contributed by atoms with Crippen LogP contribution in [0.15, 0.2) is 170 Å². The van der Waals surface area contributed by atoms with Gasteiger partial charge in [-0.1, -0.05) is 140 Å². The van der Waals surface area contributed by atoms with E-state index in [2.05, 4.69) is 170 Å². The van der Waals surface area contributed by atoms with Crippen LogP contribution in [0.1, 0.15) is 33.7 Å². The lowest BCUT2D eigenvalue weighted by Gasteiger charge is -2.35. The Hall–Kier alpha value is -6.12. The smallest absolute Gasteiger partial charge is 0.135 e. The second-order valence-electron chi connectivity index (χ2n) is 13.5. The van der Waals surface area contributed by atoms with Crippen LogP contribution in [-0.2, 0) is 5.41 Å². The van der Waals surface area contributed by atoms with Crippen molar-refractivity contribution in [1.29, 1.82) is 0 Å². The van der Waals surface area contributed by atoms with Gasteiger partial charge in [-0.05, 0) is 80.2 Å². The van der Waals surface area contributed by atoms with E-state index in [1.54, 1.807) is 0 Å². The number of allylic oxidation sites excluding steroid dienone is 2. The van der Waals surface area contributed by atoms with Gasteiger partial charge >= 0.3 is 0 Å². The van der Waals surface area contributed by atoms with Gasteiger partial charge in [-0.2, -0.15) is 0 Å². The Balaban J connectivity index is 1.17. The van der Waals surface area contributed by atoms with Gasteiger partial charge in [0.25, 0.3) is 0 Å². The van der Waals surface area contributed by atoms with Crippen molar-refractivity contribution in [2.75, 3.05) is 0 Å². The second-order valence-corrected chi connectivity index (χ2v) is 13.5. The standard InChI is InChI=1S/C47H30O2/c1-2-13-32(14-3-1)47(40-20-10-18-37-35-16-5-7-21-42(35)49-46(37)40)39-19-6-4-15-33(39)34-25-23-31(28-41(34)47)30-24-26-43-38(27-30)36-17-8-11-29-12-9-22-44(48-43)45(29)36/h1-28,35,42H. The summed E-state index contributed by atoms with van der Waals surface area (Å²) < 4.78 is 13.4. The summed E-state index contributed by atoms with van der Waals surface area (Å²) in [6, 6.07) is 53.2. The molecule has 7 aromatic rings. The van der Waals surface area contributed by atoms with Gasteiger partial charge in [-0.3, -0.25) is 0 Å². The number of hydrogen-bond donors (Lipinski definition) is 0. The number of fused-ring (bicyclic) bond motifs is 8. The molecular weight excluding hydrogens is 597 g/mol. The quantitative estimate of drug-likeness (QED) is 0.194. The Labute approximate surface area is 285 Å². The summed E-state index contributed by atoms with van der Waals surface area (Å²) in [6.45, 7) is 0. The third-order valence-corrected chi connectivity index (χ3v) is 11.1. The van der Waals surface area contributed by atoms with Crippen molar-refractivity contribution >= 4 is 10.8 Å². The maximum atomic E-state index is 6.91. The molecule has 49 heavy (non-hydrogen) atoms. The van der Waals surface area contributed by atoms with Crippen LogP contribution in [0.25, 0.3) is 44.2 Å². The third kappa shape index (κ3) is 3.61. The summed E-state index contributed by atoms with van der Waals surface area (Å²) in [6.07, 6.45) is 8.73. The van der Waals surface area contributed by atoms with E-state index in [0.717, 1.165) is 28.4 Å². The SMILES string of the molecule is C1=CC2Oc3c(cccc3C3(c4ccccc4)c4ccccc4-c4ccc(-c5ccc6c(c5)-c5cccc7cccc(c57)O6)cc43)C2C=C1. The Morgan fingerprint density at radius 3 is 2.16 bits per heavy atom. The van der Waals surface area contributed by atoms with E-state index in [1.165, 1.54) is 60.8 Å².